The second kappa shape index (κ2) is 7.97. The lowest BCUT2D eigenvalue weighted by atomic mass is 10.4. The number of hydrogen-bond donors (Lipinski definition) is 2. The van der Waals surface area contributed by atoms with Gasteiger partial charge in [0.15, 0.2) is 0 Å². The first-order valence-corrected chi connectivity index (χ1v) is 5.30. The average Bonchev–Trinajstić information content (AvgIpc) is 1.84. The predicted molar refractivity (Wildman–Crippen MR) is 45.6 cm³/mol. The molecule has 0 saturated carbocycles. The Bertz CT molecular complexity index is 153. The van der Waals surface area contributed by atoms with Crippen molar-refractivity contribution < 1.29 is 13.5 Å². The van der Waals surface area contributed by atoms with Gasteiger partial charge in [0.05, 0.1) is 5.75 Å². The summed E-state index contributed by atoms with van der Waals surface area (Å²) in [5.74, 6) is 0.115. The van der Waals surface area contributed by atoms with Crippen LogP contribution in [0.3, 0.4) is 0 Å². The van der Waals surface area contributed by atoms with Crippen molar-refractivity contribution in [3.05, 3.63) is 0 Å². The van der Waals surface area contributed by atoms with Gasteiger partial charge in [-0.2, -0.15) is 0 Å². The minimum absolute atomic E-state index is 0.115. The summed E-state index contributed by atoms with van der Waals surface area (Å²) in [6.07, 6.45) is 1.54. The molecule has 0 aliphatic heterocycles. The van der Waals surface area contributed by atoms with Crippen LogP contribution in [0.1, 0.15) is 26.7 Å². The van der Waals surface area contributed by atoms with E-state index in [1.165, 1.54) is 0 Å². The summed E-state index contributed by atoms with van der Waals surface area (Å²) >= 11 is 0. The topological polar surface area (TPSA) is 80.4 Å². The van der Waals surface area contributed by atoms with Gasteiger partial charge in [-0.3, -0.25) is 0 Å². The molecule has 0 atom stereocenters. The van der Waals surface area contributed by atoms with E-state index < -0.39 is 10.0 Å². The monoisotopic (exact) mass is 183 g/mol. The minimum Gasteiger partial charge on any atom is -0.397 e. The van der Waals surface area contributed by atoms with E-state index in [2.05, 4.69) is 0 Å². The fraction of sp³-hybridized carbons (Fsp3) is 1.00. The SMILES string of the molecule is CCCCS(N)(=O)=O.CCO. The van der Waals surface area contributed by atoms with Gasteiger partial charge in [-0.15, -0.1) is 0 Å². The van der Waals surface area contributed by atoms with E-state index in [1.807, 2.05) is 6.92 Å². The van der Waals surface area contributed by atoms with Gasteiger partial charge in [-0.25, -0.2) is 13.6 Å². The van der Waals surface area contributed by atoms with Crippen LogP contribution >= 0.6 is 0 Å². The molecule has 0 aliphatic rings. The number of nitrogens with two attached hydrogens (primary N) is 1. The molecule has 0 aliphatic carbocycles. The zero-order valence-electron chi connectivity index (χ0n) is 7.08. The molecule has 11 heavy (non-hydrogen) atoms. The maximum atomic E-state index is 10.2. The Morgan fingerprint density at radius 1 is 1.36 bits per heavy atom. The third-order valence-corrected chi connectivity index (χ3v) is 1.64. The Morgan fingerprint density at radius 3 is 1.82 bits per heavy atom. The summed E-state index contributed by atoms with van der Waals surface area (Å²) in [6.45, 7) is 3.85. The molecule has 0 heterocycles. The number of rotatable bonds is 3. The van der Waals surface area contributed by atoms with Crippen molar-refractivity contribution in [2.24, 2.45) is 5.14 Å². The highest BCUT2D eigenvalue weighted by molar-refractivity contribution is 7.89. The molecule has 0 fully saturated rings. The van der Waals surface area contributed by atoms with E-state index in [0.29, 0.717) is 6.42 Å². The Hall–Kier alpha value is -0.130. The molecule has 0 aromatic rings. The van der Waals surface area contributed by atoms with Crippen molar-refractivity contribution in [3.8, 4) is 0 Å². The first-order chi connectivity index (χ1) is 4.97. The van der Waals surface area contributed by atoms with Crippen LogP contribution in [-0.2, 0) is 10.0 Å². The maximum Gasteiger partial charge on any atom is 0.209 e. The van der Waals surface area contributed by atoms with E-state index in [1.54, 1.807) is 6.92 Å². The second-order valence-electron chi connectivity index (χ2n) is 2.04. The third kappa shape index (κ3) is 25.8. The van der Waals surface area contributed by atoms with Gasteiger partial charge in [0.1, 0.15) is 0 Å². The molecule has 4 nitrogen and oxygen atoms in total. The maximum absolute atomic E-state index is 10.2. The number of unbranched alkanes of at least 4 members (excludes halogenated alkanes) is 1. The lowest BCUT2D eigenvalue weighted by Crippen LogP contribution is -2.15. The standard InChI is InChI=1S/C4H11NO2S.C2H6O/c1-2-3-4-8(5,6)7;1-2-3/h2-4H2,1H3,(H2,5,6,7);3H,2H2,1H3. The minimum atomic E-state index is -3.19. The predicted octanol–water partition coefficient (Wildman–Crippen LogP) is 0.0736. The Kier molecular flexibility index (Phi) is 9.75. The first kappa shape index (κ1) is 13.5. The fourth-order valence-electron chi connectivity index (χ4n) is 0.346. The molecule has 0 aromatic heterocycles. The molecule has 3 N–H and O–H groups in total. The molecular weight excluding hydrogens is 166 g/mol. The lowest BCUT2D eigenvalue weighted by molar-refractivity contribution is 0.318. The highest BCUT2D eigenvalue weighted by Crippen LogP contribution is 1.88. The van der Waals surface area contributed by atoms with Crippen LogP contribution in [-0.4, -0.2) is 25.9 Å². The zero-order chi connectivity index (χ0) is 9.33. The van der Waals surface area contributed by atoms with Crippen LogP contribution in [0.4, 0.5) is 0 Å². The summed E-state index contributed by atoms with van der Waals surface area (Å²) in [6, 6.07) is 0. The summed E-state index contributed by atoms with van der Waals surface area (Å²) < 4.78 is 20.3. The molecule has 0 radical (unpaired) electrons. The van der Waals surface area contributed by atoms with Gasteiger partial charge in [0, 0.05) is 6.61 Å². The van der Waals surface area contributed by atoms with E-state index in [4.69, 9.17) is 10.2 Å². The van der Waals surface area contributed by atoms with Gasteiger partial charge in [0.2, 0.25) is 10.0 Å². The zero-order valence-corrected chi connectivity index (χ0v) is 7.89. The molecule has 0 rings (SSSR count). The van der Waals surface area contributed by atoms with Gasteiger partial charge >= 0.3 is 0 Å². The van der Waals surface area contributed by atoms with Crippen LogP contribution in [0.2, 0.25) is 0 Å². The van der Waals surface area contributed by atoms with Crippen LogP contribution in [0.5, 0.6) is 0 Å². The fourth-order valence-corrected chi connectivity index (χ4v) is 1.04. The van der Waals surface area contributed by atoms with Crippen LogP contribution in [0, 0.1) is 0 Å². The summed E-state index contributed by atoms with van der Waals surface area (Å²) in [5.41, 5.74) is 0. The highest BCUT2D eigenvalue weighted by atomic mass is 32.2. The van der Waals surface area contributed by atoms with Gasteiger partial charge < -0.3 is 5.11 Å². The lowest BCUT2D eigenvalue weighted by Gasteiger charge is -1.91. The van der Waals surface area contributed by atoms with Crippen molar-refractivity contribution in [3.63, 3.8) is 0 Å². The van der Waals surface area contributed by atoms with E-state index >= 15 is 0 Å². The number of aliphatic hydroxyl groups is 1. The first-order valence-electron chi connectivity index (χ1n) is 3.59. The molecule has 0 amide bonds. The van der Waals surface area contributed by atoms with Gasteiger partial charge in [0.25, 0.3) is 0 Å². The molecule has 5 heteroatoms. The van der Waals surface area contributed by atoms with Crippen molar-refractivity contribution in [1.29, 1.82) is 0 Å². The van der Waals surface area contributed by atoms with Gasteiger partial charge in [-0.1, -0.05) is 13.3 Å². The Morgan fingerprint density at radius 2 is 1.73 bits per heavy atom. The summed E-state index contributed by atoms with van der Waals surface area (Å²) in [7, 11) is -3.19. The molecule has 70 valence electrons. The number of aliphatic hydroxyl groups excluding tert-OH is 1. The molecule has 0 spiro atoms. The second-order valence-corrected chi connectivity index (χ2v) is 3.77. The van der Waals surface area contributed by atoms with Crippen molar-refractivity contribution >= 4 is 10.0 Å². The van der Waals surface area contributed by atoms with Crippen molar-refractivity contribution in [1.82, 2.24) is 0 Å². The van der Waals surface area contributed by atoms with E-state index in [0.717, 1.165) is 6.42 Å². The largest absolute Gasteiger partial charge is 0.397 e. The molecule has 0 saturated heterocycles. The average molecular weight is 183 g/mol. The summed E-state index contributed by atoms with van der Waals surface area (Å²) in [4.78, 5) is 0. The molecule has 0 aromatic carbocycles. The third-order valence-electron chi connectivity index (χ3n) is 0.782. The molecular formula is C6H17NO3S. The molecule has 0 unspecified atom stereocenters. The van der Waals surface area contributed by atoms with E-state index in [9.17, 15) is 8.42 Å². The van der Waals surface area contributed by atoms with Crippen LogP contribution in [0.15, 0.2) is 0 Å². The summed E-state index contributed by atoms with van der Waals surface area (Å²) in [5, 5.41) is 12.3. The smallest absolute Gasteiger partial charge is 0.209 e. The number of sulfonamides is 1. The van der Waals surface area contributed by atoms with Gasteiger partial charge in [-0.05, 0) is 13.3 Å². The quantitative estimate of drug-likeness (QED) is 0.650. The molecule has 0 bridgehead atoms. The number of hydrogen-bond acceptors (Lipinski definition) is 3. The van der Waals surface area contributed by atoms with Crippen LogP contribution < -0.4 is 5.14 Å². The Balaban J connectivity index is 0. The van der Waals surface area contributed by atoms with Crippen molar-refractivity contribution in [2.75, 3.05) is 12.4 Å². The van der Waals surface area contributed by atoms with Crippen LogP contribution in [0.25, 0.3) is 0 Å². The van der Waals surface area contributed by atoms with E-state index in [-0.39, 0.29) is 12.4 Å². The number of primary sulfonamides is 1. The highest BCUT2D eigenvalue weighted by Gasteiger charge is 1.98. The van der Waals surface area contributed by atoms with Crippen molar-refractivity contribution in [2.45, 2.75) is 26.7 Å². The Labute approximate surface area is 68.5 Å². The normalized spacial score (nSPS) is 10.2.